The maximum Gasteiger partial charge on any atom is 0.331 e. The lowest BCUT2D eigenvalue weighted by Gasteiger charge is -1.96. The van der Waals surface area contributed by atoms with Crippen molar-refractivity contribution in [1.29, 1.82) is 5.26 Å². The molecule has 1 rings (SSSR count). The number of hydrogen-bond donors (Lipinski definition) is 0. The molecular formula is C9H7NO3. The Morgan fingerprint density at radius 2 is 2.62 bits per heavy atom. The van der Waals surface area contributed by atoms with Crippen LogP contribution in [-0.4, -0.2) is 5.97 Å². The summed E-state index contributed by atoms with van der Waals surface area (Å²) in [5.41, 5.74) is 0. The Morgan fingerprint density at radius 3 is 3.23 bits per heavy atom. The predicted octanol–water partition coefficient (Wildman–Crippen LogP) is 1.40. The number of allylic oxidation sites excluding steroid dienone is 1. The Morgan fingerprint density at radius 1 is 1.77 bits per heavy atom. The molecule has 0 unspecified atom stereocenters. The van der Waals surface area contributed by atoms with E-state index in [2.05, 4.69) is 0 Å². The fourth-order valence-corrected chi connectivity index (χ4v) is 0.690. The highest BCUT2D eigenvalue weighted by Gasteiger charge is 1.99. The summed E-state index contributed by atoms with van der Waals surface area (Å²) in [6, 6.07) is 5.09. The highest BCUT2D eigenvalue weighted by Crippen LogP contribution is 2.01. The van der Waals surface area contributed by atoms with Crippen molar-refractivity contribution < 1.29 is 13.9 Å². The van der Waals surface area contributed by atoms with Crippen molar-refractivity contribution in [2.45, 2.75) is 6.61 Å². The second-order valence-corrected chi connectivity index (χ2v) is 2.15. The minimum atomic E-state index is -0.557. The molecule has 0 spiro atoms. The largest absolute Gasteiger partial charge is 0.466 e. The number of furan rings is 1. The van der Waals surface area contributed by atoms with Gasteiger partial charge >= 0.3 is 5.97 Å². The number of nitrogens with zero attached hydrogens (tertiary/aromatic N) is 1. The quantitative estimate of drug-likeness (QED) is 0.397. The fraction of sp³-hybridized carbons (Fsp3) is 0.111. The lowest BCUT2D eigenvalue weighted by atomic mass is 10.5. The van der Waals surface area contributed by atoms with Gasteiger partial charge in [-0.15, -0.1) is 0 Å². The first-order valence-electron chi connectivity index (χ1n) is 3.58. The molecule has 0 saturated heterocycles. The van der Waals surface area contributed by atoms with E-state index in [1.54, 1.807) is 18.2 Å². The van der Waals surface area contributed by atoms with Crippen molar-refractivity contribution in [2.75, 3.05) is 0 Å². The van der Waals surface area contributed by atoms with E-state index >= 15 is 0 Å². The molecule has 0 aliphatic carbocycles. The van der Waals surface area contributed by atoms with Crippen LogP contribution in [0.5, 0.6) is 0 Å². The molecule has 0 aliphatic rings. The second kappa shape index (κ2) is 4.78. The molecule has 0 amide bonds. The van der Waals surface area contributed by atoms with Gasteiger partial charge in [0.05, 0.1) is 12.3 Å². The molecule has 0 bridgehead atoms. The maximum atomic E-state index is 10.8. The summed E-state index contributed by atoms with van der Waals surface area (Å²) in [5, 5.41) is 8.10. The van der Waals surface area contributed by atoms with Gasteiger partial charge < -0.3 is 9.15 Å². The second-order valence-electron chi connectivity index (χ2n) is 2.15. The third-order valence-corrected chi connectivity index (χ3v) is 1.23. The molecule has 66 valence electrons. The molecule has 0 radical (unpaired) electrons. The lowest BCUT2D eigenvalue weighted by molar-refractivity contribution is -0.139. The zero-order valence-electron chi connectivity index (χ0n) is 6.77. The van der Waals surface area contributed by atoms with Crippen LogP contribution in [0, 0.1) is 11.3 Å². The average molecular weight is 177 g/mol. The Labute approximate surface area is 75.0 Å². The van der Waals surface area contributed by atoms with Crippen LogP contribution in [0.4, 0.5) is 0 Å². The van der Waals surface area contributed by atoms with E-state index in [4.69, 9.17) is 14.4 Å². The van der Waals surface area contributed by atoms with Gasteiger partial charge in [-0.2, -0.15) is 5.26 Å². The molecule has 0 fully saturated rings. The van der Waals surface area contributed by atoms with E-state index in [0.717, 1.165) is 12.2 Å². The monoisotopic (exact) mass is 177 g/mol. The molecule has 0 atom stereocenters. The highest BCUT2D eigenvalue weighted by molar-refractivity contribution is 5.82. The Bertz CT molecular complexity index is 332. The van der Waals surface area contributed by atoms with Crippen LogP contribution in [0.2, 0.25) is 0 Å². The Balaban J connectivity index is 2.32. The number of ether oxygens (including phenoxy) is 1. The van der Waals surface area contributed by atoms with E-state index < -0.39 is 5.97 Å². The van der Waals surface area contributed by atoms with Crippen molar-refractivity contribution in [3.8, 4) is 6.07 Å². The predicted molar refractivity (Wildman–Crippen MR) is 43.3 cm³/mol. The Hall–Kier alpha value is -2.02. The molecule has 0 saturated carbocycles. The van der Waals surface area contributed by atoms with Gasteiger partial charge in [0.1, 0.15) is 12.4 Å². The molecule has 1 aromatic rings. The van der Waals surface area contributed by atoms with E-state index in [9.17, 15) is 4.79 Å². The van der Waals surface area contributed by atoms with Gasteiger partial charge in [0.15, 0.2) is 0 Å². The first-order chi connectivity index (χ1) is 6.33. The normalized spacial score (nSPS) is 9.77. The van der Waals surface area contributed by atoms with Gasteiger partial charge in [-0.25, -0.2) is 4.79 Å². The van der Waals surface area contributed by atoms with Crippen LogP contribution in [-0.2, 0) is 16.1 Å². The van der Waals surface area contributed by atoms with E-state index in [0.29, 0.717) is 5.76 Å². The first kappa shape index (κ1) is 9.07. The summed E-state index contributed by atoms with van der Waals surface area (Å²) in [6.45, 7) is 0.0849. The molecule has 0 aliphatic heterocycles. The zero-order valence-corrected chi connectivity index (χ0v) is 6.77. The number of hydrogen-bond acceptors (Lipinski definition) is 4. The van der Waals surface area contributed by atoms with Gasteiger partial charge in [0.25, 0.3) is 0 Å². The van der Waals surface area contributed by atoms with Gasteiger partial charge in [-0.05, 0) is 12.1 Å². The number of rotatable bonds is 3. The summed E-state index contributed by atoms with van der Waals surface area (Å²) in [6.07, 6.45) is 3.61. The van der Waals surface area contributed by atoms with Gasteiger partial charge in [0, 0.05) is 12.2 Å². The van der Waals surface area contributed by atoms with Crippen LogP contribution in [0.3, 0.4) is 0 Å². The average Bonchev–Trinajstić information content (AvgIpc) is 2.64. The molecule has 0 N–H and O–H groups in total. The molecule has 13 heavy (non-hydrogen) atoms. The molecule has 1 aromatic heterocycles. The van der Waals surface area contributed by atoms with E-state index in [1.807, 2.05) is 0 Å². The topological polar surface area (TPSA) is 63.2 Å². The van der Waals surface area contributed by atoms with E-state index in [-0.39, 0.29) is 6.61 Å². The minimum absolute atomic E-state index is 0.0849. The summed E-state index contributed by atoms with van der Waals surface area (Å²) in [5.74, 6) is 0.0108. The highest BCUT2D eigenvalue weighted by atomic mass is 16.5. The molecule has 1 heterocycles. The molecule has 4 nitrogen and oxygen atoms in total. The Kier molecular flexibility index (Phi) is 3.33. The van der Waals surface area contributed by atoms with Crippen LogP contribution in [0.15, 0.2) is 35.0 Å². The number of esters is 1. The van der Waals surface area contributed by atoms with Crippen molar-refractivity contribution in [3.05, 3.63) is 36.3 Å². The van der Waals surface area contributed by atoms with Crippen molar-refractivity contribution >= 4 is 5.97 Å². The first-order valence-corrected chi connectivity index (χ1v) is 3.58. The van der Waals surface area contributed by atoms with Crippen molar-refractivity contribution in [3.63, 3.8) is 0 Å². The SMILES string of the molecule is N#CC=CC(=O)OCc1ccco1. The lowest BCUT2D eigenvalue weighted by Crippen LogP contribution is -1.99. The minimum Gasteiger partial charge on any atom is -0.466 e. The maximum absolute atomic E-state index is 10.8. The fourth-order valence-electron chi connectivity index (χ4n) is 0.690. The van der Waals surface area contributed by atoms with Gasteiger partial charge in [-0.1, -0.05) is 0 Å². The zero-order chi connectivity index (χ0) is 9.52. The van der Waals surface area contributed by atoms with Crippen LogP contribution in [0.25, 0.3) is 0 Å². The van der Waals surface area contributed by atoms with Crippen LogP contribution < -0.4 is 0 Å². The molecular weight excluding hydrogens is 170 g/mol. The van der Waals surface area contributed by atoms with Gasteiger partial charge in [0.2, 0.25) is 0 Å². The van der Waals surface area contributed by atoms with E-state index in [1.165, 1.54) is 6.26 Å². The summed E-state index contributed by atoms with van der Waals surface area (Å²) in [7, 11) is 0. The summed E-state index contributed by atoms with van der Waals surface area (Å²) >= 11 is 0. The number of carbonyl (C=O) groups is 1. The smallest absolute Gasteiger partial charge is 0.331 e. The third-order valence-electron chi connectivity index (χ3n) is 1.23. The van der Waals surface area contributed by atoms with Gasteiger partial charge in [-0.3, -0.25) is 0 Å². The summed E-state index contributed by atoms with van der Waals surface area (Å²) in [4.78, 5) is 10.8. The van der Waals surface area contributed by atoms with Crippen molar-refractivity contribution in [1.82, 2.24) is 0 Å². The third kappa shape index (κ3) is 3.25. The number of carbonyl (C=O) groups excluding carboxylic acids is 1. The van der Waals surface area contributed by atoms with Crippen LogP contribution in [0.1, 0.15) is 5.76 Å². The standard InChI is InChI=1S/C9H7NO3/c10-5-1-4-9(11)13-7-8-3-2-6-12-8/h1-4,6H,7H2. The molecule has 0 aromatic carbocycles. The molecule has 4 heteroatoms. The number of nitriles is 1. The van der Waals surface area contributed by atoms with Crippen LogP contribution >= 0.6 is 0 Å². The van der Waals surface area contributed by atoms with Crippen molar-refractivity contribution in [2.24, 2.45) is 0 Å². The summed E-state index contributed by atoms with van der Waals surface area (Å²) < 4.78 is 9.64.